The van der Waals surface area contributed by atoms with Crippen LogP contribution in [0.5, 0.6) is 0 Å². The van der Waals surface area contributed by atoms with Gasteiger partial charge in [-0.3, -0.25) is 0 Å². The highest BCUT2D eigenvalue weighted by Gasteiger charge is 2.53. The molecule has 1 unspecified atom stereocenters. The molecule has 0 amide bonds. The second-order valence-electron chi connectivity index (χ2n) is 21.6. The largest absolute Gasteiger partial charge is 0.311 e. The Morgan fingerprint density at radius 3 is 1.56 bits per heavy atom. The third-order valence-electron chi connectivity index (χ3n) is 15.5. The minimum Gasteiger partial charge on any atom is -0.311 e. The molecule has 0 bridgehead atoms. The zero-order valence-corrected chi connectivity index (χ0v) is 43.1. The van der Waals surface area contributed by atoms with Gasteiger partial charge in [0.25, 0.3) is 0 Å². The number of nitrogens with zero attached hydrogens (tertiary/aromatic N) is 4. The van der Waals surface area contributed by atoms with Crippen molar-refractivity contribution in [2.75, 3.05) is 9.80 Å². The first kappa shape index (κ1) is 44.2. The van der Waals surface area contributed by atoms with E-state index in [4.69, 9.17) is 0 Å². The number of hydrogen-bond acceptors (Lipinski definition) is 4. The molecule has 0 N–H and O–H groups in total. The van der Waals surface area contributed by atoms with E-state index in [0.717, 1.165) is 40.6 Å². The Labute approximate surface area is 419 Å². The topological polar surface area (TPSA) is 54.1 Å². The summed E-state index contributed by atoms with van der Waals surface area (Å²) in [6.45, 7) is 14.5. The maximum Gasteiger partial charge on any atom is 0.0991 e. The van der Waals surface area contributed by atoms with Gasteiger partial charge in [-0.25, -0.2) is 0 Å². The van der Waals surface area contributed by atoms with Crippen LogP contribution in [0.3, 0.4) is 0 Å². The molecular weight excluding hydrogens is 893 g/mol. The highest BCUT2D eigenvalue weighted by molar-refractivity contribution is 6.88. The van der Waals surface area contributed by atoms with Gasteiger partial charge in [0.1, 0.15) is 0 Å². The molecule has 1 spiro atoms. The van der Waals surface area contributed by atoms with Crippen LogP contribution in [-0.2, 0) is 5.41 Å². The number of hydrogen-bond donors (Lipinski definition) is 0. The van der Waals surface area contributed by atoms with E-state index in [1.807, 2.05) is 24.3 Å². The lowest BCUT2D eigenvalue weighted by molar-refractivity contribution is 0.801. The predicted octanol–water partition coefficient (Wildman–Crippen LogP) is 16.8. The lowest BCUT2D eigenvalue weighted by atomic mass is 9.69. The van der Waals surface area contributed by atoms with Crippen LogP contribution in [0.1, 0.15) is 39.8 Å². The first-order chi connectivity index (χ1) is 34.4. The van der Waals surface area contributed by atoms with E-state index in [1.54, 1.807) is 0 Å². The molecule has 0 radical (unpaired) electrons. The molecule has 0 aliphatic heterocycles. The molecule has 0 fully saturated rings. The molecule has 12 rings (SSSR count). The molecule has 0 saturated carbocycles. The van der Waals surface area contributed by atoms with Gasteiger partial charge in [-0.2, -0.15) is 10.5 Å². The SMILES string of the molecule is C[Si](C)(C)c1ccc(N(c2ccc(C#N)cc2)c2ccc3c(c2)C2(c4ccccc4-c4ccccc42)c2c-3c3ccccc3c3cc(N(C4=CCC([Si](C)(C)C)C=C4)c4ccc(C#N)cc4)ccc23)cc1. The lowest BCUT2D eigenvalue weighted by Gasteiger charge is -2.34. The van der Waals surface area contributed by atoms with Crippen molar-refractivity contribution in [2.24, 2.45) is 0 Å². The molecular formula is C65H54N4Si2. The van der Waals surface area contributed by atoms with Crippen LogP contribution in [0.4, 0.5) is 28.4 Å². The monoisotopic (exact) mass is 946 g/mol. The third kappa shape index (κ3) is 6.96. The van der Waals surface area contributed by atoms with Crippen molar-refractivity contribution in [3.63, 3.8) is 0 Å². The maximum atomic E-state index is 9.86. The van der Waals surface area contributed by atoms with E-state index >= 15 is 0 Å². The van der Waals surface area contributed by atoms with Crippen LogP contribution in [-0.4, -0.2) is 16.1 Å². The van der Waals surface area contributed by atoms with Gasteiger partial charge in [0.05, 0.1) is 44.8 Å². The zero-order valence-electron chi connectivity index (χ0n) is 41.1. The summed E-state index contributed by atoms with van der Waals surface area (Å²) < 4.78 is 0. The highest BCUT2D eigenvalue weighted by atomic mass is 28.3. The summed E-state index contributed by atoms with van der Waals surface area (Å²) in [4.78, 5) is 4.74. The zero-order chi connectivity index (χ0) is 48.8. The van der Waals surface area contributed by atoms with E-state index < -0.39 is 21.6 Å². The Morgan fingerprint density at radius 1 is 0.479 bits per heavy atom. The number of allylic oxidation sites excluding steroid dienone is 3. The fourth-order valence-electron chi connectivity index (χ4n) is 11.9. The van der Waals surface area contributed by atoms with Crippen molar-refractivity contribution in [1.29, 1.82) is 10.5 Å². The second-order valence-corrected chi connectivity index (χ2v) is 32.1. The van der Waals surface area contributed by atoms with Gasteiger partial charge in [0.15, 0.2) is 0 Å². The van der Waals surface area contributed by atoms with Crippen molar-refractivity contribution < 1.29 is 0 Å². The van der Waals surface area contributed by atoms with E-state index in [2.05, 4.69) is 237 Å². The van der Waals surface area contributed by atoms with Crippen LogP contribution in [0.25, 0.3) is 43.8 Å². The van der Waals surface area contributed by atoms with Crippen LogP contribution in [0.15, 0.2) is 206 Å². The average molecular weight is 947 g/mol. The van der Waals surface area contributed by atoms with Gasteiger partial charge in [0, 0.05) is 34.1 Å². The Balaban J connectivity index is 1.13. The minimum atomic E-state index is -1.57. The van der Waals surface area contributed by atoms with Crippen LogP contribution in [0, 0.1) is 22.7 Å². The molecule has 0 aromatic heterocycles. The Kier molecular flexibility index (Phi) is 10.3. The molecule has 3 aliphatic rings. The number of anilines is 5. The average Bonchev–Trinajstić information content (AvgIpc) is 3.87. The van der Waals surface area contributed by atoms with Crippen molar-refractivity contribution in [1.82, 2.24) is 0 Å². The molecule has 9 aromatic carbocycles. The van der Waals surface area contributed by atoms with Gasteiger partial charge < -0.3 is 9.80 Å². The van der Waals surface area contributed by atoms with Gasteiger partial charge >= 0.3 is 0 Å². The number of rotatable bonds is 8. The normalized spacial score (nSPS) is 15.1. The van der Waals surface area contributed by atoms with Gasteiger partial charge in [-0.1, -0.05) is 154 Å². The smallest absolute Gasteiger partial charge is 0.0991 e. The minimum absolute atomic E-state index is 0.569. The molecule has 3 aliphatic carbocycles. The number of nitriles is 2. The van der Waals surface area contributed by atoms with E-state index in [9.17, 15) is 10.5 Å². The van der Waals surface area contributed by atoms with Crippen LogP contribution in [0.2, 0.25) is 44.8 Å². The Bertz CT molecular complexity index is 3740. The quantitative estimate of drug-likeness (QED) is 0.112. The predicted molar refractivity (Wildman–Crippen MR) is 302 cm³/mol. The number of benzene rings is 9. The molecule has 1 atom stereocenters. The van der Waals surface area contributed by atoms with Crippen LogP contribution >= 0.6 is 0 Å². The summed E-state index contributed by atoms with van der Waals surface area (Å²) in [7, 11) is -2.98. The van der Waals surface area contributed by atoms with Crippen molar-refractivity contribution in [2.45, 2.75) is 56.7 Å². The Morgan fingerprint density at radius 2 is 1.00 bits per heavy atom. The standard InChI is InChI=1S/C65H54N4Si2/c1-70(2,3)51-33-27-47(28-34-51)68(45-23-19-43(41-66)20-24-45)49-31-37-57-59(39-49)53-13-7-8-16-56(53)63-58-38-32-50(69(46-25-21-44(42-67)22-26-46)48-29-35-52(36-30-48)71(4,5)6)40-62(58)65(64(57)63)60-17-11-9-14-54(60)55-15-10-12-18-61(55)65/h7-33,35-40,51H,34H2,1-6H3. The van der Waals surface area contributed by atoms with Crippen LogP contribution < -0.4 is 15.0 Å². The van der Waals surface area contributed by atoms with Crippen molar-refractivity contribution in [3.05, 3.63) is 239 Å². The fraction of sp³-hybridized carbons (Fsp3) is 0.138. The molecule has 4 nitrogen and oxygen atoms in total. The van der Waals surface area contributed by atoms with Crippen molar-refractivity contribution in [3.8, 4) is 34.4 Å². The summed E-state index contributed by atoms with van der Waals surface area (Å²) in [5.74, 6) is 0. The Hall–Kier alpha value is -8.01. The lowest BCUT2D eigenvalue weighted by Crippen LogP contribution is -2.37. The second kappa shape index (κ2) is 16.6. The fourth-order valence-corrected chi connectivity index (χ4v) is 14.6. The summed E-state index contributed by atoms with van der Waals surface area (Å²) >= 11 is 0. The van der Waals surface area contributed by atoms with Gasteiger partial charge in [0.2, 0.25) is 0 Å². The van der Waals surface area contributed by atoms with E-state index in [-0.39, 0.29) is 0 Å². The number of fused-ring (bicyclic) bond motifs is 15. The highest BCUT2D eigenvalue weighted by Crippen LogP contribution is 2.66. The third-order valence-corrected chi connectivity index (χ3v) is 20.2. The van der Waals surface area contributed by atoms with E-state index in [1.165, 1.54) is 71.2 Å². The summed E-state index contributed by atoms with van der Waals surface area (Å²) in [5.41, 5.74) is 17.7. The van der Waals surface area contributed by atoms with E-state index in [0.29, 0.717) is 16.7 Å². The first-order valence-corrected chi connectivity index (χ1v) is 31.9. The summed E-state index contributed by atoms with van der Waals surface area (Å²) in [6.07, 6.45) is 8.19. The summed E-state index contributed by atoms with van der Waals surface area (Å²) in [6, 6.07) is 71.3. The first-order valence-electron chi connectivity index (χ1n) is 24.8. The maximum absolute atomic E-state index is 9.86. The molecule has 71 heavy (non-hydrogen) atoms. The molecule has 0 heterocycles. The van der Waals surface area contributed by atoms with Gasteiger partial charge in [-0.15, -0.1) is 0 Å². The molecule has 0 saturated heterocycles. The molecule has 342 valence electrons. The molecule has 9 aromatic rings. The molecule has 6 heteroatoms. The summed E-state index contributed by atoms with van der Waals surface area (Å²) in [5, 5.41) is 25.9. The van der Waals surface area contributed by atoms with Crippen molar-refractivity contribution >= 4 is 71.3 Å². The van der Waals surface area contributed by atoms with Gasteiger partial charge in [-0.05, 0) is 169 Å².